The highest BCUT2D eigenvalue weighted by atomic mass is 16.5. The van der Waals surface area contributed by atoms with Crippen molar-refractivity contribution in [2.24, 2.45) is 5.41 Å². The minimum atomic E-state index is -1.34. The average Bonchev–Trinajstić information content (AvgIpc) is 3.42. The summed E-state index contributed by atoms with van der Waals surface area (Å²) >= 11 is 0. The molecule has 2 amide bonds. The molecule has 3 aliphatic rings. The number of amides is 2. The number of methoxy groups -OCH3 is 2. The van der Waals surface area contributed by atoms with E-state index < -0.39 is 22.8 Å². The number of likely N-dealkylation sites (N-methyl/N-ethyl adjacent to an activating group) is 2. The normalized spacial score (nSPS) is 25.9. The van der Waals surface area contributed by atoms with Crippen LogP contribution in [0.1, 0.15) is 24.0 Å². The van der Waals surface area contributed by atoms with E-state index >= 15 is 0 Å². The predicted octanol–water partition coefficient (Wildman–Crippen LogP) is 2.46. The van der Waals surface area contributed by atoms with Crippen LogP contribution in [0.15, 0.2) is 54.1 Å². The molecule has 2 atom stereocenters. The van der Waals surface area contributed by atoms with Gasteiger partial charge in [-0.25, -0.2) is 4.79 Å². The highest BCUT2D eigenvalue weighted by Crippen LogP contribution is 2.72. The fraction of sp³-hybridized carbons (Fsp3) is 0.308. The number of hydrogen-bond acceptors (Lipinski definition) is 6. The molecule has 0 radical (unpaired) electrons. The van der Waals surface area contributed by atoms with Gasteiger partial charge in [0.25, 0.3) is 5.91 Å². The third-order valence-electron chi connectivity index (χ3n) is 7.50. The minimum absolute atomic E-state index is 0.0615. The molecule has 174 valence electrons. The maximum absolute atomic E-state index is 13.5. The van der Waals surface area contributed by atoms with Gasteiger partial charge >= 0.3 is 11.9 Å². The number of para-hydroxylation sites is 2. The number of carbonyl (C=O) groups excluding carboxylic acids is 4. The molecule has 2 aliphatic heterocycles. The number of fused-ring (bicyclic) bond motifs is 3. The van der Waals surface area contributed by atoms with E-state index in [4.69, 9.17) is 9.47 Å². The van der Waals surface area contributed by atoms with E-state index in [1.54, 1.807) is 38.4 Å². The van der Waals surface area contributed by atoms with E-state index in [0.717, 1.165) is 5.56 Å². The topological polar surface area (TPSA) is 93.2 Å². The molecule has 0 aromatic heterocycles. The monoisotopic (exact) mass is 460 g/mol. The molecule has 0 unspecified atom stereocenters. The summed E-state index contributed by atoms with van der Waals surface area (Å²) in [6.07, 6.45) is 0.00974. The van der Waals surface area contributed by atoms with Gasteiger partial charge in [0.15, 0.2) is 0 Å². The number of hydrogen-bond donors (Lipinski definition) is 0. The second kappa shape index (κ2) is 7.28. The van der Waals surface area contributed by atoms with Gasteiger partial charge in [0.05, 0.1) is 41.9 Å². The van der Waals surface area contributed by atoms with Crippen molar-refractivity contribution in [3.63, 3.8) is 0 Å². The van der Waals surface area contributed by atoms with Crippen LogP contribution in [0.2, 0.25) is 0 Å². The van der Waals surface area contributed by atoms with Gasteiger partial charge in [-0.2, -0.15) is 0 Å². The molecular weight excluding hydrogens is 436 g/mol. The van der Waals surface area contributed by atoms with Crippen molar-refractivity contribution >= 4 is 40.7 Å². The summed E-state index contributed by atoms with van der Waals surface area (Å²) in [5.41, 5.74) is 0.410. The van der Waals surface area contributed by atoms with E-state index in [9.17, 15) is 19.2 Å². The quantitative estimate of drug-likeness (QED) is 0.514. The molecule has 5 rings (SSSR count). The predicted molar refractivity (Wildman–Crippen MR) is 124 cm³/mol. The van der Waals surface area contributed by atoms with E-state index in [-0.39, 0.29) is 35.8 Å². The molecule has 34 heavy (non-hydrogen) atoms. The van der Waals surface area contributed by atoms with Gasteiger partial charge in [-0.15, -0.1) is 0 Å². The molecule has 1 saturated carbocycles. The van der Waals surface area contributed by atoms with Crippen molar-refractivity contribution in [3.05, 3.63) is 65.2 Å². The summed E-state index contributed by atoms with van der Waals surface area (Å²) in [7, 11) is 5.79. The molecule has 1 fully saturated rings. The van der Waals surface area contributed by atoms with Crippen LogP contribution in [0.4, 0.5) is 11.4 Å². The summed E-state index contributed by atoms with van der Waals surface area (Å²) in [6, 6.07) is 14.4. The Bertz CT molecular complexity index is 1310. The second-order valence-corrected chi connectivity index (χ2v) is 8.94. The van der Waals surface area contributed by atoms with Crippen LogP contribution in [0, 0.1) is 5.41 Å². The zero-order chi connectivity index (χ0) is 24.4. The zero-order valence-electron chi connectivity index (χ0n) is 19.4. The fourth-order valence-electron chi connectivity index (χ4n) is 5.76. The summed E-state index contributed by atoms with van der Waals surface area (Å²) in [5.74, 6) is -1.92. The van der Waals surface area contributed by atoms with Gasteiger partial charge in [-0.05, 0) is 30.5 Å². The van der Waals surface area contributed by atoms with Crippen LogP contribution in [-0.2, 0) is 34.1 Å². The Hall–Kier alpha value is -3.94. The first-order valence-electron chi connectivity index (χ1n) is 10.9. The van der Waals surface area contributed by atoms with Crippen LogP contribution in [-0.4, -0.2) is 52.1 Å². The molecule has 0 saturated heterocycles. The lowest BCUT2D eigenvalue weighted by atomic mass is 9.81. The van der Waals surface area contributed by atoms with Crippen LogP contribution in [0.5, 0.6) is 0 Å². The molecule has 2 heterocycles. The van der Waals surface area contributed by atoms with Crippen molar-refractivity contribution in [1.29, 1.82) is 0 Å². The standard InChI is InChI=1S/C26H24N2O6/c1-27-18-11-7-5-9-15(18)20(21(27)29)16(22(30)33-3)13-25(24(32)34-4)14-26(25)17-10-6-8-12-19(17)28(2)23(26)31/h5-12H,13-14H2,1-4H3/b20-16+/t25-,26+/m1/s1. The van der Waals surface area contributed by atoms with E-state index in [2.05, 4.69) is 0 Å². The van der Waals surface area contributed by atoms with Crippen molar-refractivity contribution in [3.8, 4) is 0 Å². The summed E-state index contributed by atoms with van der Waals surface area (Å²) in [6.45, 7) is 0. The number of rotatable bonds is 4. The number of benzene rings is 2. The van der Waals surface area contributed by atoms with Gasteiger partial charge in [0, 0.05) is 25.3 Å². The largest absolute Gasteiger partial charge is 0.469 e. The molecule has 2 aromatic carbocycles. The Morgan fingerprint density at radius 2 is 1.56 bits per heavy atom. The maximum atomic E-state index is 13.5. The third-order valence-corrected chi connectivity index (χ3v) is 7.50. The Kier molecular flexibility index (Phi) is 4.69. The van der Waals surface area contributed by atoms with Crippen LogP contribution >= 0.6 is 0 Å². The summed E-state index contributed by atoms with van der Waals surface area (Å²) in [4.78, 5) is 56.2. The van der Waals surface area contributed by atoms with Crippen molar-refractivity contribution in [2.45, 2.75) is 18.3 Å². The van der Waals surface area contributed by atoms with Gasteiger partial charge in [-0.3, -0.25) is 14.4 Å². The molecule has 8 nitrogen and oxygen atoms in total. The summed E-state index contributed by atoms with van der Waals surface area (Å²) in [5, 5.41) is 0. The fourth-order valence-corrected chi connectivity index (χ4v) is 5.76. The van der Waals surface area contributed by atoms with E-state index in [1.165, 1.54) is 24.0 Å². The third kappa shape index (κ3) is 2.53. The first-order valence-corrected chi connectivity index (χ1v) is 10.9. The first-order chi connectivity index (χ1) is 16.2. The smallest absolute Gasteiger partial charge is 0.334 e. The second-order valence-electron chi connectivity index (χ2n) is 8.94. The number of nitrogens with zero attached hydrogens (tertiary/aromatic N) is 2. The highest BCUT2D eigenvalue weighted by molar-refractivity contribution is 6.36. The number of carbonyl (C=O) groups is 4. The molecule has 2 aromatic rings. The Morgan fingerprint density at radius 1 is 0.912 bits per heavy atom. The summed E-state index contributed by atoms with van der Waals surface area (Å²) < 4.78 is 10.2. The Balaban J connectivity index is 1.72. The molecule has 1 aliphatic carbocycles. The molecular formula is C26H24N2O6. The molecule has 8 heteroatoms. The SMILES string of the molecule is COC(=O)/C(C[C@]1(C(=O)OC)C[C@]12C(=O)N(C)c1ccccc12)=C1/C(=O)N(C)c2ccccc21. The van der Waals surface area contributed by atoms with Gasteiger partial charge in [0.1, 0.15) is 0 Å². The zero-order valence-corrected chi connectivity index (χ0v) is 19.4. The molecule has 1 spiro atoms. The lowest BCUT2D eigenvalue weighted by Gasteiger charge is -2.22. The average molecular weight is 460 g/mol. The van der Waals surface area contributed by atoms with Crippen molar-refractivity contribution in [1.82, 2.24) is 0 Å². The van der Waals surface area contributed by atoms with Crippen LogP contribution in [0.25, 0.3) is 5.57 Å². The van der Waals surface area contributed by atoms with Gasteiger partial charge in [0.2, 0.25) is 5.91 Å². The Morgan fingerprint density at radius 3 is 2.24 bits per heavy atom. The minimum Gasteiger partial charge on any atom is -0.469 e. The number of ether oxygens (including phenoxy) is 2. The Labute approximate surface area is 196 Å². The molecule has 0 bridgehead atoms. The maximum Gasteiger partial charge on any atom is 0.334 e. The van der Waals surface area contributed by atoms with E-state index in [0.29, 0.717) is 16.9 Å². The van der Waals surface area contributed by atoms with Crippen molar-refractivity contribution < 1.29 is 28.7 Å². The lowest BCUT2D eigenvalue weighted by molar-refractivity contribution is -0.149. The van der Waals surface area contributed by atoms with Gasteiger partial charge in [-0.1, -0.05) is 36.4 Å². The number of esters is 2. The number of anilines is 2. The van der Waals surface area contributed by atoms with Crippen molar-refractivity contribution in [2.75, 3.05) is 38.1 Å². The van der Waals surface area contributed by atoms with Crippen LogP contribution in [0.3, 0.4) is 0 Å². The lowest BCUT2D eigenvalue weighted by Crippen LogP contribution is -2.37. The van der Waals surface area contributed by atoms with Gasteiger partial charge < -0.3 is 19.3 Å². The highest BCUT2D eigenvalue weighted by Gasteiger charge is 2.80. The van der Waals surface area contributed by atoms with E-state index in [1.807, 2.05) is 24.3 Å². The van der Waals surface area contributed by atoms with Crippen LogP contribution < -0.4 is 9.80 Å². The molecule has 0 N–H and O–H groups in total. The first kappa shape index (κ1) is 21.9.